The van der Waals surface area contributed by atoms with Gasteiger partial charge in [0.25, 0.3) is 0 Å². The molecule has 33 heavy (non-hydrogen) atoms. The van der Waals surface area contributed by atoms with Crippen molar-refractivity contribution in [2.75, 3.05) is 12.9 Å². The van der Waals surface area contributed by atoms with E-state index in [1.165, 1.54) is 47.0 Å². The maximum Gasteiger partial charge on any atom is 0.416 e. The zero-order chi connectivity index (χ0) is 24.6. The number of nitrogens with zero attached hydrogens (tertiary/aromatic N) is 1. The molecule has 2 aromatic carbocycles. The number of alkyl halides is 3. The number of aromatic nitrogens is 1. The number of carbonyl (C=O) groups is 2. The number of ketones is 1. The molecule has 0 aliphatic carbocycles. The van der Waals surface area contributed by atoms with Gasteiger partial charge in [-0.2, -0.15) is 13.2 Å². The third kappa shape index (κ3) is 5.33. The normalized spacial score (nSPS) is 11.9. The van der Waals surface area contributed by atoms with Gasteiger partial charge in [0.1, 0.15) is 0 Å². The Morgan fingerprint density at radius 2 is 1.64 bits per heavy atom. The van der Waals surface area contributed by atoms with Crippen molar-refractivity contribution in [2.24, 2.45) is 0 Å². The lowest BCUT2D eigenvalue weighted by Crippen LogP contribution is -2.15. The molecule has 0 aliphatic heterocycles. The van der Waals surface area contributed by atoms with Crippen LogP contribution in [0.1, 0.15) is 37.7 Å². The van der Waals surface area contributed by atoms with Crippen LogP contribution in [0.5, 0.6) is 0 Å². The van der Waals surface area contributed by atoms with Crippen LogP contribution in [-0.2, 0) is 20.8 Å². The third-order valence-electron chi connectivity index (χ3n) is 5.02. The Morgan fingerprint density at radius 3 is 2.21 bits per heavy atom. The Kier molecular flexibility index (Phi) is 6.51. The van der Waals surface area contributed by atoms with E-state index < -0.39 is 39.9 Å². The van der Waals surface area contributed by atoms with Crippen LogP contribution in [0.2, 0.25) is 0 Å². The summed E-state index contributed by atoms with van der Waals surface area (Å²) in [7, 11) is -3.42. The topological polar surface area (TPSA) is 82.4 Å². The summed E-state index contributed by atoms with van der Waals surface area (Å²) in [6.07, 6.45) is -3.47. The number of aryl methyl sites for hydroxylation is 1. The first-order chi connectivity index (χ1) is 15.3. The van der Waals surface area contributed by atoms with E-state index in [2.05, 4.69) is 0 Å². The molecule has 1 aromatic heterocycles. The molecule has 0 unspecified atom stereocenters. The first-order valence-corrected chi connectivity index (χ1v) is 11.5. The molecule has 0 aliphatic rings. The molecule has 3 aromatic rings. The monoisotopic (exact) mass is 479 g/mol. The first-order valence-electron chi connectivity index (χ1n) is 9.66. The van der Waals surface area contributed by atoms with Crippen LogP contribution in [-0.4, -0.2) is 37.6 Å². The first kappa shape index (κ1) is 24.2. The molecule has 1 heterocycles. The number of ether oxygens (including phenoxy) is 1. The van der Waals surface area contributed by atoms with Crippen LogP contribution in [0.15, 0.2) is 59.5 Å². The maximum absolute atomic E-state index is 13.1. The largest absolute Gasteiger partial charge is 0.454 e. The number of esters is 1. The number of hydrogen-bond acceptors (Lipinski definition) is 5. The Labute approximate surface area is 188 Å². The fourth-order valence-electron chi connectivity index (χ4n) is 3.39. The highest BCUT2D eigenvalue weighted by molar-refractivity contribution is 7.90. The van der Waals surface area contributed by atoms with E-state index >= 15 is 0 Å². The summed E-state index contributed by atoms with van der Waals surface area (Å²) in [4.78, 5) is 24.9. The molecule has 0 radical (unpaired) electrons. The number of carbonyl (C=O) groups excluding carboxylic acids is 2. The number of halogens is 3. The van der Waals surface area contributed by atoms with Gasteiger partial charge in [-0.3, -0.25) is 4.79 Å². The van der Waals surface area contributed by atoms with Crippen LogP contribution >= 0.6 is 0 Å². The van der Waals surface area contributed by atoms with Gasteiger partial charge in [-0.25, -0.2) is 13.2 Å². The number of benzene rings is 2. The summed E-state index contributed by atoms with van der Waals surface area (Å²) >= 11 is 0. The molecule has 174 valence electrons. The fourth-order valence-corrected chi connectivity index (χ4v) is 4.02. The summed E-state index contributed by atoms with van der Waals surface area (Å²) in [5.41, 5.74) is 0.677. The zero-order valence-electron chi connectivity index (χ0n) is 17.9. The Bertz CT molecular complexity index is 1320. The molecule has 0 bridgehead atoms. The van der Waals surface area contributed by atoms with Crippen molar-refractivity contribution in [2.45, 2.75) is 24.9 Å². The van der Waals surface area contributed by atoms with E-state index in [4.69, 9.17) is 4.74 Å². The van der Waals surface area contributed by atoms with Gasteiger partial charge in [-0.1, -0.05) is 6.07 Å². The molecule has 3 rings (SSSR count). The van der Waals surface area contributed by atoms with Crippen molar-refractivity contribution in [3.63, 3.8) is 0 Å². The van der Waals surface area contributed by atoms with Gasteiger partial charge >= 0.3 is 12.1 Å². The molecular formula is C23H20F3NO5S. The van der Waals surface area contributed by atoms with E-state index in [1.807, 2.05) is 0 Å². The van der Waals surface area contributed by atoms with Crippen molar-refractivity contribution in [1.82, 2.24) is 4.57 Å². The van der Waals surface area contributed by atoms with Crippen molar-refractivity contribution >= 4 is 21.6 Å². The van der Waals surface area contributed by atoms with Gasteiger partial charge in [0, 0.05) is 28.9 Å². The summed E-state index contributed by atoms with van der Waals surface area (Å²) in [6, 6.07) is 11.4. The predicted molar refractivity (Wildman–Crippen MR) is 114 cm³/mol. The van der Waals surface area contributed by atoms with Gasteiger partial charge in [0.05, 0.1) is 16.0 Å². The van der Waals surface area contributed by atoms with E-state index in [0.29, 0.717) is 11.4 Å². The van der Waals surface area contributed by atoms with E-state index in [1.54, 1.807) is 13.8 Å². The number of Topliss-reactive ketones (excluding diaryl/α,β-unsaturated/α-hetero) is 1. The van der Waals surface area contributed by atoms with E-state index in [0.717, 1.165) is 18.4 Å². The predicted octanol–water partition coefficient (Wildman–Crippen LogP) is 4.56. The van der Waals surface area contributed by atoms with Crippen LogP contribution in [0.25, 0.3) is 5.69 Å². The second-order valence-electron chi connectivity index (χ2n) is 7.46. The van der Waals surface area contributed by atoms with Gasteiger partial charge in [0.15, 0.2) is 16.4 Å². The molecule has 10 heteroatoms. The van der Waals surface area contributed by atoms with E-state index in [-0.39, 0.29) is 21.7 Å². The average molecular weight is 479 g/mol. The van der Waals surface area contributed by atoms with Gasteiger partial charge in [-0.15, -0.1) is 0 Å². The van der Waals surface area contributed by atoms with Crippen LogP contribution in [0, 0.1) is 13.8 Å². The highest BCUT2D eigenvalue weighted by atomic mass is 32.2. The smallest absolute Gasteiger partial charge is 0.416 e. The van der Waals surface area contributed by atoms with Gasteiger partial charge < -0.3 is 9.30 Å². The number of hydrogen-bond donors (Lipinski definition) is 0. The molecule has 0 spiro atoms. The number of rotatable bonds is 6. The second kappa shape index (κ2) is 8.86. The Morgan fingerprint density at radius 1 is 1.00 bits per heavy atom. The quantitative estimate of drug-likeness (QED) is 0.383. The molecule has 0 atom stereocenters. The lowest BCUT2D eigenvalue weighted by Gasteiger charge is -2.13. The van der Waals surface area contributed by atoms with E-state index in [9.17, 15) is 31.2 Å². The molecule has 6 nitrogen and oxygen atoms in total. The molecule has 0 saturated carbocycles. The van der Waals surface area contributed by atoms with Crippen LogP contribution in [0.3, 0.4) is 0 Å². The van der Waals surface area contributed by atoms with Gasteiger partial charge in [-0.05, 0) is 62.4 Å². The summed E-state index contributed by atoms with van der Waals surface area (Å²) in [5.74, 6) is -1.34. The molecule has 0 amide bonds. The highest BCUT2D eigenvalue weighted by Gasteiger charge is 2.31. The van der Waals surface area contributed by atoms with Crippen molar-refractivity contribution in [3.8, 4) is 5.69 Å². The van der Waals surface area contributed by atoms with Crippen LogP contribution in [0.4, 0.5) is 13.2 Å². The Hall–Kier alpha value is -3.40. The number of sulfone groups is 1. The standard InChI is InChI=1S/C23H20F3NO5S/c1-14-11-20(15(2)27(14)18-6-4-5-17(12-18)23(24,25)26)21(28)13-32-22(29)16-7-9-19(10-8-16)33(3,30)31/h4-12H,13H2,1-3H3. The lowest BCUT2D eigenvalue weighted by atomic mass is 10.1. The lowest BCUT2D eigenvalue weighted by molar-refractivity contribution is -0.137. The highest BCUT2D eigenvalue weighted by Crippen LogP contribution is 2.31. The zero-order valence-corrected chi connectivity index (χ0v) is 18.8. The summed E-state index contributed by atoms with van der Waals surface area (Å²) in [6.45, 7) is 2.66. The molecule has 0 N–H and O–H groups in total. The maximum atomic E-state index is 13.1. The molecule has 0 saturated heterocycles. The van der Waals surface area contributed by atoms with Crippen molar-refractivity contribution in [1.29, 1.82) is 0 Å². The minimum atomic E-state index is -4.50. The van der Waals surface area contributed by atoms with Crippen LogP contribution < -0.4 is 0 Å². The van der Waals surface area contributed by atoms with Crippen molar-refractivity contribution < 1.29 is 35.9 Å². The third-order valence-corrected chi connectivity index (χ3v) is 6.14. The fraction of sp³-hybridized carbons (Fsp3) is 0.217. The second-order valence-corrected chi connectivity index (χ2v) is 9.48. The average Bonchev–Trinajstić information content (AvgIpc) is 3.04. The summed E-state index contributed by atoms with van der Waals surface area (Å²) in [5, 5.41) is 0. The van der Waals surface area contributed by atoms with Gasteiger partial charge in [0.2, 0.25) is 5.78 Å². The minimum absolute atomic E-state index is 0.0390. The van der Waals surface area contributed by atoms with Crippen molar-refractivity contribution in [3.05, 3.63) is 82.7 Å². The molecular weight excluding hydrogens is 459 g/mol. The molecule has 0 fully saturated rings. The SMILES string of the molecule is Cc1cc(C(=O)COC(=O)c2ccc(S(C)(=O)=O)cc2)c(C)n1-c1cccc(C(F)(F)F)c1. The summed E-state index contributed by atoms with van der Waals surface area (Å²) < 4.78 is 68.8. The Balaban J connectivity index is 1.77. The minimum Gasteiger partial charge on any atom is -0.454 e.